The maximum Gasteiger partial charge on any atom is 0.193 e. The molecule has 7 heteroatoms. The van der Waals surface area contributed by atoms with Gasteiger partial charge in [0.05, 0.1) is 16.6 Å². The summed E-state index contributed by atoms with van der Waals surface area (Å²) >= 11 is 0. The van der Waals surface area contributed by atoms with Crippen molar-refractivity contribution in [2.45, 2.75) is 44.5 Å². The monoisotopic (exact) mass is 407 g/mol. The molecule has 1 N–H and O–H groups in total. The zero-order valence-corrected chi connectivity index (χ0v) is 18.3. The molecule has 6 nitrogen and oxygen atoms in total. The molecule has 2 fully saturated rings. The zero-order chi connectivity index (χ0) is 20.4. The SMILES string of the molecule is CN=C(NCC1CCCOC1c1ccc(C)cc1)N1CCS(=O)(=O)C(C)(C)C1. The zero-order valence-electron chi connectivity index (χ0n) is 17.4. The van der Waals surface area contributed by atoms with Crippen molar-refractivity contribution in [3.8, 4) is 0 Å². The molecule has 0 aliphatic carbocycles. The fourth-order valence-electron chi connectivity index (χ4n) is 4.06. The van der Waals surface area contributed by atoms with E-state index in [-0.39, 0.29) is 11.9 Å². The predicted molar refractivity (Wildman–Crippen MR) is 113 cm³/mol. The van der Waals surface area contributed by atoms with Gasteiger partial charge in [-0.3, -0.25) is 4.99 Å². The first-order valence-corrected chi connectivity index (χ1v) is 11.7. The maximum atomic E-state index is 12.3. The second-order valence-electron chi connectivity index (χ2n) is 8.53. The third-order valence-electron chi connectivity index (χ3n) is 5.93. The molecule has 0 aromatic heterocycles. The number of sulfone groups is 1. The maximum absolute atomic E-state index is 12.3. The van der Waals surface area contributed by atoms with Crippen molar-refractivity contribution in [2.24, 2.45) is 10.9 Å². The van der Waals surface area contributed by atoms with Crippen molar-refractivity contribution in [3.05, 3.63) is 35.4 Å². The Morgan fingerprint density at radius 2 is 2.04 bits per heavy atom. The quantitative estimate of drug-likeness (QED) is 0.616. The minimum atomic E-state index is -3.06. The molecular weight excluding hydrogens is 374 g/mol. The van der Waals surface area contributed by atoms with Gasteiger partial charge in [0.15, 0.2) is 15.8 Å². The summed E-state index contributed by atoms with van der Waals surface area (Å²) in [5.41, 5.74) is 2.47. The molecular formula is C21H33N3O3S. The van der Waals surface area contributed by atoms with Gasteiger partial charge in [-0.2, -0.15) is 0 Å². The Kier molecular flexibility index (Phi) is 6.34. The van der Waals surface area contributed by atoms with E-state index in [0.717, 1.165) is 32.0 Å². The lowest BCUT2D eigenvalue weighted by Gasteiger charge is -2.40. The van der Waals surface area contributed by atoms with Crippen molar-refractivity contribution < 1.29 is 13.2 Å². The van der Waals surface area contributed by atoms with Crippen LogP contribution in [0.2, 0.25) is 0 Å². The first-order chi connectivity index (χ1) is 13.2. The van der Waals surface area contributed by atoms with Gasteiger partial charge in [0, 0.05) is 39.2 Å². The summed E-state index contributed by atoms with van der Waals surface area (Å²) in [6.07, 6.45) is 2.24. The highest BCUT2D eigenvalue weighted by atomic mass is 32.2. The Morgan fingerprint density at radius 3 is 2.68 bits per heavy atom. The largest absolute Gasteiger partial charge is 0.373 e. The number of aliphatic imine (C=N–C) groups is 1. The van der Waals surface area contributed by atoms with Gasteiger partial charge in [0.2, 0.25) is 0 Å². The van der Waals surface area contributed by atoms with Crippen LogP contribution >= 0.6 is 0 Å². The van der Waals surface area contributed by atoms with Crippen LogP contribution < -0.4 is 5.32 Å². The average Bonchev–Trinajstić information content (AvgIpc) is 2.66. The van der Waals surface area contributed by atoms with Crippen LogP contribution in [0.15, 0.2) is 29.3 Å². The summed E-state index contributed by atoms with van der Waals surface area (Å²) in [7, 11) is -1.31. The van der Waals surface area contributed by atoms with Gasteiger partial charge >= 0.3 is 0 Å². The molecule has 0 saturated carbocycles. The predicted octanol–water partition coefficient (Wildman–Crippen LogP) is 2.55. The van der Waals surface area contributed by atoms with Crippen molar-refractivity contribution in [2.75, 3.05) is 39.0 Å². The first kappa shape index (κ1) is 21.1. The van der Waals surface area contributed by atoms with Crippen LogP contribution in [-0.2, 0) is 14.6 Å². The minimum Gasteiger partial charge on any atom is -0.373 e. The highest BCUT2D eigenvalue weighted by molar-refractivity contribution is 7.92. The highest BCUT2D eigenvalue weighted by Crippen LogP contribution is 2.33. The Hall–Kier alpha value is -1.60. The molecule has 0 amide bonds. The number of hydrogen-bond acceptors (Lipinski definition) is 4. The van der Waals surface area contributed by atoms with Gasteiger partial charge in [-0.1, -0.05) is 29.8 Å². The molecule has 0 radical (unpaired) electrons. The van der Waals surface area contributed by atoms with E-state index in [2.05, 4.69) is 46.4 Å². The molecule has 28 heavy (non-hydrogen) atoms. The second kappa shape index (κ2) is 8.41. The summed E-state index contributed by atoms with van der Waals surface area (Å²) in [5, 5.41) is 3.49. The number of ether oxygens (including phenoxy) is 1. The van der Waals surface area contributed by atoms with Crippen LogP contribution in [0.25, 0.3) is 0 Å². The van der Waals surface area contributed by atoms with E-state index in [9.17, 15) is 8.42 Å². The van der Waals surface area contributed by atoms with Gasteiger partial charge in [0.1, 0.15) is 0 Å². The number of rotatable bonds is 3. The molecule has 1 aromatic carbocycles. The van der Waals surface area contributed by atoms with Gasteiger partial charge in [-0.25, -0.2) is 8.42 Å². The fourth-order valence-corrected chi connectivity index (χ4v) is 5.42. The average molecular weight is 408 g/mol. The smallest absolute Gasteiger partial charge is 0.193 e. The Balaban J connectivity index is 1.66. The van der Waals surface area contributed by atoms with E-state index in [1.807, 2.05) is 0 Å². The van der Waals surface area contributed by atoms with Gasteiger partial charge in [-0.15, -0.1) is 0 Å². The van der Waals surface area contributed by atoms with Crippen molar-refractivity contribution in [1.29, 1.82) is 0 Å². The van der Waals surface area contributed by atoms with Crippen LogP contribution in [0.3, 0.4) is 0 Å². The molecule has 0 bridgehead atoms. The topological polar surface area (TPSA) is 71.0 Å². The molecule has 1 aromatic rings. The number of aryl methyl sites for hydroxylation is 1. The number of nitrogens with one attached hydrogen (secondary N) is 1. The minimum absolute atomic E-state index is 0.0816. The second-order valence-corrected chi connectivity index (χ2v) is 11.3. The van der Waals surface area contributed by atoms with Gasteiger partial charge in [-0.05, 0) is 39.2 Å². The number of nitrogens with zero attached hydrogens (tertiary/aromatic N) is 2. The highest BCUT2D eigenvalue weighted by Gasteiger charge is 2.41. The van der Waals surface area contributed by atoms with E-state index >= 15 is 0 Å². The summed E-state index contributed by atoms with van der Waals surface area (Å²) in [6, 6.07) is 8.58. The summed E-state index contributed by atoms with van der Waals surface area (Å²) in [4.78, 5) is 6.48. The molecule has 2 aliphatic rings. The molecule has 0 spiro atoms. The van der Waals surface area contributed by atoms with E-state index < -0.39 is 14.6 Å². The Morgan fingerprint density at radius 1 is 1.32 bits per heavy atom. The van der Waals surface area contributed by atoms with Gasteiger partial charge in [0.25, 0.3) is 0 Å². The number of hydrogen-bond donors (Lipinski definition) is 1. The lowest BCUT2D eigenvalue weighted by Crippen LogP contribution is -2.57. The molecule has 156 valence electrons. The normalized spacial score (nSPS) is 27.4. The number of benzene rings is 1. The van der Waals surface area contributed by atoms with E-state index in [4.69, 9.17) is 4.74 Å². The van der Waals surface area contributed by atoms with Crippen LogP contribution in [0.5, 0.6) is 0 Å². The Bertz CT molecular complexity index is 803. The van der Waals surface area contributed by atoms with Crippen molar-refractivity contribution in [3.63, 3.8) is 0 Å². The summed E-state index contributed by atoms with van der Waals surface area (Å²) < 4.78 is 29.9. The van der Waals surface area contributed by atoms with Crippen LogP contribution in [0.4, 0.5) is 0 Å². The van der Waals surface area contributed by atoms with Crippen LogP contribution in [0.1, 0.15) is 43.9 Å². The first-order valence-electron chi connectivity index (χ1n) is 10.1. The number of guanidine groups is 1. The van der Waals surface area contributed by atoms with Crippen molar-refractivity contribution >= 4 is 15.8 Å². The van der Waals surface area contributed by atoms with Gasteiger partial charge < -0.3 is 15.0 Å². The molecule has 3 rings (SSSR count). The molecule has 2 saturated heterocycles. The van der Waals surface area contributed by atoms with Crippen molar-refractivity contribution in [1.82, 2.24) is 10.2 Å². The summed E-state index contributed by atoms with van der Waals surface area (Å²) in [5.74, 6) is 1.30. The molecule has 2 unspecified atom stereocenters. The van der Waals surface area contributed by atoms with E-state index in [1.54, 1.807) is 20.9 Å². The van der Waals surface area contributed by atoms with E-state index in [0.29, 0.717) is 19.0 Å². The third kappa shape index (κ3) is 4.51. The van der Waals surface area contributed by atoms with Crippen LogP contribution in [0, 0.1) is 12.8 Å². The molecule has 2 heterocycles. The Labute approximate surface area is 169 Å². The standard InChI is InChI=1S/C21H33N3O3S/c1-16-7-9-17(10-8-16)19-18(6-5-12-27-19)14-23-20(22-4)24-11-13-28(25,26)21(2,3)15-24/h7-10,18-19H,5-6,11-15H2,1-4H3,(H,22,23). The van der Waals surface area contributed by atoms with Crippen LogP contribution in [-0.4, -0.2) is 63.1 Å². The molecule has 2 aliphatic heterocycles. The third-order valence-corrected chi connectivity index (χ3v) is 8.46. The lowest BCUT2D eigenvalue weighted by atomic mass is 9.89. The molecule has 2 atom stereocenters. The fraction of sp³-hybridized carbons (Fsp3) is 0.667. The summed E-state index contributed by atoms with van der Waals surface area (Å²) in [6.45, 7) is 8.17. The van der Waals surface area contributed by atoms with E-state index in [1.165, 1.54) is 11.1 Å². The lowest BCUT2D eigenvalue weighted by molar-refractivity contribution is -0.0266.